The van der Waals surface area contributed by atoms with Gasteiger partial charge in [-0.2, -0.15) is 0 Å². The van der Waals surface area contributed by atoms with E-state index >= 15 is 0 Å². The molecule has 1 aromatic carbocycles. The fraction of sp³-hybridized carbons (Fsp3) is 0.538. The molecule has 3 nitrogen and oxygen atoms in total. The molecule has 0 atom stereocenters. The highest BCUT2D eigenvalue weighted by Crippen LogP contribution is 2.42. The molecule has 3 heteroatoms. The van der Waals surface area contributed by atoms with E-state index in [9.17, 15) is 10.2 Å². The van der Waals surface area contributed by atoms with Gasteiger partial charge in [0.05, 0.1) is 0 Å². The SMILES string of the molecule is NCc1cc([O])c(C2CCCCC2)c(O)c1. The summed E-state index contributed by atoms with van der Waals surface area (Å²) in [5.41, 5.74) is 6.78. The summed E-state index contributed by atoms with van der Waals surface area (Å²) in [6.45, 7) is 0.299. The molecule has 1 aromatic rings. The summed E-state index contributed by atoms with van der Waals surface area (Å²) in [4.78, 5) is 0. The Labute approximate surface area is 95.9 Å². The van der Waals surface area contributed by atoms with Crippen molar-refractivity contribution in [3.63, 3.8) is 0 Å². The molecule has 1 aliphatic rings. The van der Waals surface area contributed by atoms with Gasteiger partial charge in [-0.15, -0.1) is 0 Å². The van der Waals surface area contributed by atoms with Crippen LogP contribution in [0, 0.1) is 0 Å². The number of nitrogens with two attached hydrogens (primary N) is 1. The van der Waals surface area contributed by atoms with Crippen LogP contribution < -0.4 is 5.73 Å². The molecular weight excluding hydrogens is 202 g/mol. The lowest BCUT2D eigenvalue weighted by Gasteiger charge is -2.23. The normalized spacial score (nSPS) is 17.6. The van der Waals surface area contributed by atoms with Gasteiger partial charge in [0, 0.05) is 12.1 Å². The quantitative estimate of drug-likeness (QED) is 0.804. The third-order valence-electron chi connectivity index (χ3n) is 3.43. The van der Waals surface area contributed by atoms with E-state index in [4.69, 9.17) is 5.73 Å². The third kappa shape index (κ3) is 2.14. The molecular formula is C13H18NO2. The van der Waals surface area contributed by atoms with E-state index in [1.54, 1.807) is 12.1 Å². The Hall–Kier alpha value is -1.22. The van der Waals surface area contributed by atoms with Crippen LogP contribution in [0.1, 0.15) is 49.1 Å². The monoisotopic (exact) mass is 220 g/mol. The highest BCUT2D eigenvalue weighted by atomic mass is 16.3. The minimum Gasteiger partial charge on any atom is -0.508 e. The lowest BCUT2D eigenvalue weighted by atomic mass is 9.83. The van der Waals surface area contributed by atoms with Gasteiger partial charge >= 0.3 is 0 Å². The van der Waals surface area contributed by atoms with E-state index in [0.29, 0.717) is 17.7 Å². The van der Waals surface area contributed by atoms with Gasteiger partial charge in [-0.25, -0.2) is 0 Å². The van der Waals surface area contributed by atoms with Gasteiger partial charge in [0.2, 0.25) is 0 Å². The minimum absolute atomic E-state index is 0.0487. The number of phenols is 1. The zero-order valence-electron chi connectivity index (χ0n) is 9.41. The first-order valence-corrected chi connectivity index (χ1v) is 5.95. The summed E-state index contributed by atoms with van der Waals surface area (Å²) in [6.07, 6.45) is 5.59. The maximum Gasteiger partial charge on any atom is 0.186 e. The Balaban J connectivity index is 2.32. The summed E-state index contributed by atoms with van der Waals surface area (Å²) in [5.74, 6) is 0.334. The van der Waals surface area contributed by atoms with Crippen LogP contribution in [0.2, 0.25) is 0 Å². The van der Waals surface area contributed by atoms with E-state index in [1.165, 1.54) is 6.42 Å². The number of benzene rings is 1. The second kappa shape index (κ2) is 4.74. The van der Waals surface area contributed by atoms with Gasteiger partial charge in [0.15, 0.2) is 5.75 Å². The average Bonchev–Trinajstić information content (AvgIpc) is 2.29. The van der Waals surface area contributed by atoms with Crippen molar-refractivity contribution in [3.8, 4) is 11.5 Å². The first-order chi connectivity index (χ1) is 7.72. The highest BCUT2D eigenvalue weighted by Gasteiger charge is 2.23. The van der Waals surface area contributed by atoms with Crippen LogP contribution in [0.25, 0.3) is 0 Å². The Morgan fingerprint density at radius 2 is 1.94 bits per heavy atom. The Morgan fingerprint density at radius 3 is 2.50 bits per heavy atom. The molecule has 16 heavy (non-hydrogen) atoms. The summed E-state index contributed by atoms with van der Waals surface area (Å²) in [6, 6.07) is 3.19. The largest absolute Gasteiger partial charge is 0.508 e. The molecule has 0 aromatic heterocycles. The van der Waals surface area contributed by atoms with Crippen molar-refractivity contribution in [1.82, 2.24) is 0 Å². The maximum absolute atomic E-state index is 11.9. The fourth-order valence-electron chi connectivity index (χ4n) is 2.59. The zero-order chi connectivity index (χ0) is 11.5. The fourth-order valence-corrected chi connectivity index (χ4v) is 2.59. The predicted molar refractivity (Wildman–Crippen MR) is 62.0 cm³/mol. The number of aromatic hydroxyl groups is 1. The number of phenolic OH excluding ortho intramolecular Hbond substituents is 1. The van der Waals surface area contributed by atoms with Gasteiger partial charge in [0.1, 0.15) is 5.75 Å². The van der Waals surface area contributed by atoms with Crippen molar-refractivity contribution < 1.29 is 10.2 Å². The van der Waals surface area contributed by atoms with E-state index in [2.05, 4.69) is 0 Å². The molecule has 0 unspecified atom stereocenters. The molecule has 0 amide bonds. The standard InChI is InChI=1S/C13H18NO2/c14-8-9-6-11(15)13(12(16)7-9)10-4-2-1-3-5-10/h6-7,10,15H,1-5,8,14H2. The van der Waals surface area contributed by atoms with Crippen LogP contribution in [0.3, 0.4) is 0 Å². The van der Waals surface area contributed by atoms with Gasteiger partial charge < -0.3 is 10.8 Å². The van der Waals surface area contributed by atoms with E-state index in [0.717, 1.165) is 25.7 Å². The van der Waals surface area contributed by atoms with Crippen molar-refractivity contribution in [2.24, 2.45) is 5.73 Å². The summed E-state index contributed by atoms with van der Waals surface area (Å²) < 4.78 is 0. The van der Waals surface area contributed by atoms with Gasteiger partial charge in [-0.05, 0) is 36.5 Å². The molecule has 0 bridgehead atoms. The molecule has 0 aliphatic heterocycles. The van der Waals surface area contributed by atoms with Crippen molar-refractivity contribution >= 4 is 0 Å². The van der Waals surface area contributed by atoms with Crippen LogP contribution in [0.4, 0.5) is 0 Å². The molecule has 1 radical (unpaired) electrons. The molecule has 87 valence electrons. The highest BCUT2D eigenvalue weighted by molar-refractivity contribution is 5.48. The first kappa shape index (κ1) is 11.3. The van der Waals surface area contributed by atoms with Crippen LogP contribution in [0.15, 0.2) is 12.1 Å². The second-order valence-electron chi connectivity index (χ2n) is 4.57. The van der Waals surface area contributed by atoms with Crippen molar-refractivity contribution in [2.45, 2.75) is 44.6 Å². The number of rotatable bonds is 2. The topological polar surface area (TPSA) is 66.2 Å². The Bertz CT molecular complexity index is 347. The molecule has 1 fully saturated rings. The van der Waals surface area contributed by atoms with Crippen LogP contribution in [0.5, 0.6) is 11.5 Å². The van der Waals surface area contributed by atoms with Gasteiger partial charge in [-0.1, -0.05) is 19.3 Å². The van der Waals surface area contributed by atoms with E-state index in [1.807, 2.05) is 0 Å². The lowest BCUT2D eigenvalue weighted by molar-refractivity contribution is 0.329. The molecule has 1 aliphatic carbocycles. The molecule has 3 N–H and O–H groups in total. The molecule has 1 saturated carbocycles. The summed E-state index contributed by atoms with van der Waals surface area (Å²) >= 11 is 0. The predicted octanol–water partition coefficient (Wildman–Crippen LogP) is 3.04. The van der Waals surface area contributed by atoms with Crippen LogP contribution in [-0.4, -0.2) is 5.11 Å². The van der Waals surface area contributed by atoms with Gasteiger partial charge in [0.25, 0.3) is 0 Å². The Kier molecular flexibility index (Phi) is 3.34. The van der Waals surface area contributed by atoms with E-state index < -0.39 is 0 Å². The second-order valence-corrected chi connectivity index (χ2v) is 4.57. The third-order valence-corrected chi connectivity index (χ3v) is 3.43. The molecule has 0 heterocycles. The molecule has 0 saturated heterocycles. The smallest absolute Gasteiger partial charge is 0.186 e. The summed E-state index contributed by atoms with van der Waals surface area (Å²) in [7, 11) is 0. The van der Waals surface area contributed by atoms with Crippen LogP contribution >= 0.6 is 0 Å². The van der Waals surface area contributed by atoms with Gasteiger partial charge in [-0.3, -0.25) is 5.11 Å². The average molecular weight is 220 g/mol. The number of hydrogen-bond donors (Lipinski definition) is 2. The van der Waals surface area contributed by atoms with Crippen molar-refractivity contribution in [3.05, 3.63) is 23.3 Å². The van der Waals surface area contributed by atoms with E-state index in [-0.39, 0.29) is 17.4 Å². The molecule has 2 rings (SSSR count). The lowest BCUT2D eigenvalue weighted by Crippen LogP contribution is -2.06. The maximum atomic E-state index is 11.9. The minimum atomic E-state index is -0.0487. The summed E-state index contributed by atoms with van der Waals surface area (Å²) in [5, 5.41) is 21.8. The van der Waals surface area contributed by atoms with Crippen molar-refractivity contribution in [1.29, 1.82) is 0 Å². The first-order valence-electron chi connectivity index (χ1n) is 5.95. The Morgan fingerprint density at radius 1 is 1.25 bits per heavy atom. The van der Waals surface area contributed by atoms with Crippen LogP contribution in [-0.2, 0) is 11.7 Å². The van der Waals surface area contributed by atoms with Crippen molar-refractivity contribution in [2.75, 3.05) is 0 Å². The molecule has 0 spiro atoms. The number of hydrogen-bond acceptors (Lipinski definition) is 2. The zero-order valence-corrected chi connectivity index (χ0v) is 9.41.